The maximum Gasteiger partial charge on any atom is 0.114 e. The number of nitrogens with one attached hydrogen (secondary N) is 1. The summed E-state index contributed by atoms with van der Waals surface area (Å²) in [5, 5.41) is 9.73. The Labute approximate surface area is 105 Å². The van der Waals surface area contributed by atoms with Crippen LogP contribution >= 0.6 is 0 Å². The molecule has 0 amide bonds. The van der Waals surface area contributed by atoms with Gasteiger partial charge in [0.15, 0.2) is 0 Å². The van der Waals surface area contributed by atoms with Gasteiger partial charge in [0.05, 0.1) is 5.69 Å². The zero-order valence-corrected chi connectivity index (χ0v) is 10.1. The van der Waals surface area contributed by atoms with Crippen LogP contribution in [0.4, 0.5) is 11.4 Å². The monoisotopic (exact) mass is 235 g/mol. The van der Waals surface area contributed by atoms with Gasteiger partial charge in [0.1, 0.15) is 5.69 Å². The largest absolute Gasteiger partial charge is 0.357 e. The number of aromatic amines is 1. The maximum absolute atomic E-state index is 4.36. The first-order valence-corrected chi connectivity index (χ1v) is 5.89. The molecule has 0 aliphatic rings. The summed E-state index contributed by atoms with van der Waals surface area (Å²) in [6.07, 6.45) is 0. The molecule has 0 aliphatic heterocycles. The lowest BCUT2D eigenvalue weighted by atomic mass is 10.2. The number of rotatable bonds is 2. The fraction of sp³-hybridized carbons (Fsp3) is 0.0667. The molecule has 0 unspecified atom stereocenters. The second kappa shape index (κ2) is 4.45. The molecule has 1 heterocycles. The van der Waals surface area contributed by atoms with Gasteiger partial charge in [-0.3, -0.25) is 0 Å². The fourth-order valence-corrected chi connectivity index (χ4v) is 1.99. The van der Waals surface area contributed by atoms with E-state index in [2.05, 4.69) is 21.3 Å². The van der Waals surface area contributed by atoms with Gasteiger partial charge in [-0.1, -0.05) is 36.4 Å². The number of H-pyrrole nitrogens is 1. The summed E-state index contributed by atoms with van der Waals surface area (Å²) in [5.41, 5.74) is 3.91. The van der Waals surface area contributed by atoms with Gasteiger partial charge in [0.25, 0.3) is 0 Å². The summed E-state index contributed by atoms with van der Waals surface area (Å²) in [6.45, 7) is 2.01. The predicted octanol–water partition coefficient (Wildman–Crippen LogP) is 4.89. The van der Waals surface area contributed by atoms with Gasteiger partial charge in [-0.25, -0.2) is 0 Å². The molecule has 3 aromatic rings. The number of hydrogen-bond donors (Lipinski definition) is 1. The molecule has 0 fully saturated rings. The Hall–Kier alpha value is -2.42. The summed E-state index contributed by atoms with van der Waals surface area (Å²) < 4.78 is 0. The van der Waals surface area contributed by atoms with E-state index in [4.69, 9.17) is 0 Å². The van der Waals surface area contributed by atoms with E-state index in [0.29, 0.717) is 0 Å². The number of aryl methyl sites for hydroxylation is 1. The number of benzene rings is 2. The van der Waals surface area contributed by atoms with Crippen LogP contribution in [0.25, 0.3) is 10.9 Å². The van der Waals surface area contributed by atoms with Gasteiger partial charge >= 0.3 is 0 Å². The van der Waals surface area contributed by atoms with Crippen LogP contribution < -0.4 is 0 Å². The average molecular weight is 235 g/mol. The van der Waals surface area contributed by atoms with Crippen LogP contribution in [0.5, 0.6) is 0 Å². The van der Waals surface area contributed by atoms with Crippen molar-refractivity contribution in [3.63, 3.8) is 0 Å². The summed E-state index contributed by atoms with van der Waals surface area (Å²) in [4.78, 5) is 3.31. The zero-order chi connectivity index (χ0) is 12.4. The van der Waals surface area contributed by atoms with Crippen LogP contribution in [0.15, 0.2) is 64.8 Å². The first-order valence-electron chi connectivity index (χ1n) is 5.89. The van der Waals surface area contributed by atoms with Crippen LogP contribution in [0.3, 0.4) is 0 Å². The molecule has 0 bridgehead atoms. The first-order chi connectivity index (χ1) is 8.84. The first kappa shape index (κ1) is 10.7. The minimum atomic E-state index is 0.863. The van der Waals surface area contributed by atoms with E-state index in [-0.39, 0.29) is 0 Å². The number of hydrogen-bond acceptors (Lipinski definition) is 2. The molecule has 0 atom stereocenters. The predicted molar refractivity (Wildman–Crippen MR) is 73.7 cm³/mol. The lowest BCUT2D eigenvalue weighted by molar-refractivity contribution is 1.20. The van der Waals surface area contributed by atoms with Crippen molar-refractivity contribution >= 4 is 22.3 Å². The SMILES string of the molecule is Cc1[nH]c2ccccc2c1N=Nc1ccccc1. The maximum atomic E-state index is 4.36. The normalized spacial score (nSPS) is 11.4. The van der Waals surface area contributed by atoms with Gasteiger partial charge in [-0.2, -0.15) is 5.11 Å². The summed E-state index contributed by atoms with van der Waals surface area (Å²) in [7, 11) is 0. The molecule has 3 heteroatoms. The van der Waals surface area contributed by atoms with Gasteiger partial charge < -0.3 is 4.98 Å². The minimum Gasteiger partial charge on any atom is -0.357 e. The standard InChI is InChI=1S/C15H13N3/c1-11-15(13-9-5-6-10-14(13)16-11)18-17-12-7-3-2-4-8-12/h2-10,16H,1H3. The number of aromatic nitrogens is 1. The van der Waals surface area contributed by atoms with E-state index >= 15 is 0 Å². The Kier molecular flexibility index (Phi) is 2.65. The molecule has 3 nitrogen and oxygen atoms in total. The molecule has 1 N–H and O–H groups in total. The lowest BCUT2D eigenvalue weighted by Gasteiger charge is -1.93. The van der Waals surface area contributed by atoms with Gasteiger partial charge in [-0.05, 0) is 25.1 Å². The van der Waals surface area contributed by atoms with Crippen LogP contribution in [0.2, 0.25) is 0 Å². The van der Waals surface area contributed by atoms with Gasteiger partial charge in [-0.15, -0.1) is 5.11 Å². The van der Waals surface area contributed by atoms with E-state index in [1.807, 2.05) is 55.5 Å². The van der Waals surface area contributed by atoms with E-state index in [1.54, 1.807) is 0 Å². The van der Waals surface area contributed by atoms with E-state index in [9.17, 15) is 0 Å². The van der Waals surface area contributed by atoms with Crippen molar-refractivity contribution in [3.05, 3.63) is 60.3 Å². The average Bonchev–Trinajstić information content (AvgIpc) is 2.73. The second-order valence-corrected chi connectivity index (χ2v) is 4.18. The number of nitrogens with zero attached hydrogens (tertiary/aromatic N) is 2. The number of para-hydroxylation sites is 1. The van der Waals surface area contributed by atoms with Crippen molar-refractivity contribution < 1.29 is 0 Å². The van der Waals surface area contributed by atoms with Crippen LogP contribution in [0, 0.1) is 6.92 Å². The highest BCUT2D eigenvalue weighted by Gasteiger charge is 2.06. The molecule has 0 saturated carbocycles. The molecule has 0 saturated heterocycles. The molecular formula is C15H13N3. The third-order valence-corrected chi connectivity index (χ3v) is 2.88. The molecule has 3 rings (SSSR count). The van der Waals surface area contributed by atoms with Gasteiger partial charge in [0.2, 0.25) is 0 Å². The molecular weight excluding hydrogens is 222 g/mol. The van der Waals surface area contributed by atoms with Crippen molar-refractivity contribution in [3.8, 4) is 0 Å². The topological polar surface area (TPSA) is 40.5 Å². The summed E-state index contributed by atoms with van der Waals surface area (Å²) >= 11 is 0. The molecule has 0 aliphatic carbocycles. The number of azo groups is 1. The molecule has 0 radical (unpaired) electrons. The van der Waals surface area contributed by atoms with Crippen LogP contribution in [-0.4, -0.2) is 4.98 Å². The van der Waals surface area contributed by atoms with Crippen molar-refractivity contribution in [2.24, 2.45) is 10.2 Å². The molecule has 0 spiro atoms. The third kappa shape index (κ3) is 1.91. The fourth-order valence-electron chi connectivity index (χ4n) is 1.99. The smallest absolute Gasteiger partial charge is 0.114 e. The molecule has 1 aromatic heterocycles. The van der Waals surface area contributed by atoms with E-state index < -0.39 is 0 Å². The summed E-state index contributed by atoms with van der Waals surface area (Å²) in [6, 6.07) is 17.9. The molecule has 2 aromatic carbocycles. The third-order valence-electron chi connectivity index (χ3n) is 2.88. The summed E-state index contributed by atoms with van der Waals surface area (Å²) in [5.74, 6) is 0. The lowest BCUT2D eigenvalue weighted by Crippen LogP contribution is -1.67. The van der Waals surface area contributed by atoms with Crippen molar-refractivity contribution in [1.29, 1.82) is 0 Å². The Bertz CT molecular complexity index is 696. The Morgan fingerprint density at radius 3 is 2.39 bits per heavy atom. The van der Waals surface area contributed by atoms with Crippen molar-refractivity contribution in [2.45, 2.75) is 6.92 Å². The Morgan fingerprint density at radius 2 is 1.56 bits per heavy atom. The van der Waals surface area contributed by atoms with Crippen LogP contribution in [0.1, 0.15) is 5.69 Å². The van der Waals surface area contributed by atoms with Crippen molar-refractivity contribution in [2.75, 3.05) is 0 Å². The van der Waals surface area contributed by atoms with Crippen LogP contribution in [-0.2, 0) is 0 Å². The minimum absolute atomic E-state index is 0.863. The second-order valence-electron chi connectivity index (χ2n) is 4.18. The quantitative estimate of drug-likeness (QED) is 0.614. The van der Waals surface area contributed by atoms with Crippen molar-refractivity contribution in [1.82, 2.24) is 4.98 Å². The van der Waals surface area contributed by atoms with Gasteiger partial charge in [0, 0.05) is 16.6 Å². The molecule has 18 heavy (non-hydrogen) atoms. The van der Waals surface area contributed by atoms with E-state index in [1.165, 1.54) is 0 Å². The Morgan fingerprint density at radius 1 is 0.833 bits per heavy atom. The molecule has 88 valence electrons. The Balaban J connectivity index is 2.05. The number of fused-ring (bicyclic) bond motifs is 1. The highest BCUT2D eigenvalue weighted by atomic mass is 15.1. The highest BCUT2D eigenvalue weighted by molar-refractivity contribution is 5.92. The van der Waals surface area contributed by atoms with E-state index in [0.717, 1.165) is 28.0 Å². The zero-order valence-electron chi connectivity index (χ0n) is 10.1. The highest BCUT2D eigenvalue weighted by Crippen LogP contribution is 2.30.